The van der Waals surface area contributed by atoms with E-state index >= 15 is 0 Å². The van der Waals surface area contributed by atoms with Gasteiger partial charge in [0.05, 0.1) is 11.4 Å². The Bertz CT molecular complexity index is 2890. The molecule has 0 saturated carbocycles. The van der Waals surface area contributed by atoms with Crippen molar-refractivity contribution in [3.63, 3.8) is 0 Å². The molecular weight excluding hydrogens is 825 g/mol. The number of aromatic nitrogens is 3. The van der Waals surface area contributed by atoms with Gasteiger partial charge in [-0.1, -0.05) is 114 Å². The van der Waals surface area contributed by atoms with Crippen molar-refractivity contribution >= 4 is 22.3 Å². The minimum Gasteiger partial charge on any atom is -0.508 e. The van der Waals surface area contributed by atoms with Crippen molar-refractivity contribution in [2.24, 2.45) is 0 Å². The van der Waals surface area contributed by atoms with Gasteiger partial charge < -0.3 is 50.9 Å². The maximum absolute atomic E-state index is 14.0. The third-order valence-corrected chi connectivity index (χ3v) is 13.3. The molecule has 2 unspecified atom stereocenters. The first-order valence-corrected chi connectivity index (χ1v) is 23.2. The predicted octanol–water partition coefficient (Wildman–Crippen LogP) is 9.53. The second-order valence-electron chi connectivity index (χ2n) is 17.8. The number of hydrogen-bond donors (Lipinski definition) is 10. The van der Waals surface area contributed by atoms with Gasteiger partial charge in [-0.05, 0) is 120 Å². The molecule has 0 spiro atoms. The molecule has 0 amide bonds. The zero-order chi connectivity index (χ0) is 46.0. The van der Waals surface area contributed by atoms with E-state index in [0.29, 0.717) is 69.3 Å². The zero-order valence-electron chi connectivity index (χ0n) is 37.5. The molecule has 4 aromatic carbocycles. The lowest BCUT2D eigenvalue weighted by Crippen LogP contribution is -2.52. The number of aromatic hydroxyl groups is 4. The molecule has 2 aliphatic heterocycles. The predicted molar refractivity (Wildman–Crippen MR) is 260 cm³/mol. The molecule has 10 nitrogen and oxygen atoms in total. The number of nitrogens with one attached hydrogen (secondary N) is 4. The third kappa shape index (κ3) is 8.23. The molecule has 9 rings (SSSR count). The van der Waals surface area contributed by atoms with Crippen molar-refractivity contribution in [1.82, 2.24) is 20.3 Å². The summed E-state index contributed by atoms with van der Waals surface area (Å²) in [7, 11) is 0. The molecule has 7 aromatic rings. The highest BCUT2D eigenvalue weighted by molar-refractivity contribution is 5.90. The van der Waals surface area contributed by atoms with Crippen LogP contribution in [0.25, 0.3) is 22.3 Å². The largest absolute Gasteiger partial charge is 0.508 e. The van der Waals surface area contributed by atoms with E-state index in [-0.39, 0.29) is 35.8 Å². The fourth-order valence-corrected chi connectivity index (χ4v) is 10.0. The van der Waals surface area contributed by atoms with Crippen LogP contribution in [0.4, 0.5) is 0 Å². The SMILES string of the molecule is CCCCCCC1(O)C2=C(c3cccc(O)c3)c3ccc([nH]3)C(c3cccc(O)c3)=c3ccc([nH]3)=C(c3cccc(O)c3)c3ccc([nH]3)C(c3cccc(O)c3)=C(N2)C1(O)CCCCCC. The number of fused-ring (bicyclic) bond motifs is 8. The van der Waals surface area contributed by atoms with Crippen LogP contribution in [0.3, 0.4) is 0 Å². The fraction of sp³-hybridized carbons (Fsp3) is 0.250. The molecule has 10 N–H and O–H groups in total. The standard InChI is InChI=1S/C56H58N4O6/c1-3-5-7-9-29-55(65)53-51(37-17-13-21-41(63)33-37)47-27-25-45(58-47)49(35-15-11-19-39(61)31-35)43-23-24-44(57-43)50(36-16-12-20-40(62)32-36)46-26-28-48(59-46)52(38-18-14-22-42(64)34-38)54(60-53)56(55,66)30-10-8-6-4-2/h11-28,31-34,57-66H,3-10,29-30H2,1-2H3. The monoisotopic (exact) mass is 882 g/mol. The van der Waals surface area contributed by atoms with E-state index in [9.17, 15) is 30.6 Å². The van der Waals surface area contributed by atoms with Gasteiger partial charge >= 0.3 is 0 Å². The molecule has 1 saturated heterocycles. The van der Waals surface area contributed by atoms with Crippen LogP contribution in [0.1, 0.15) is 123 Å². The molecule has 5 heterocycles. The molecule has 2 atom stereocenters. The van der Waals surface area contributed by atoms with Crippen molar-refractivity contribution in [3.05, 3.63) is 201 Å². The summed E-state index contributed by atoms with van der Waals surface area (Å²) in [4.78, 5) is 11.1. The molecule has 0 aliphatic carbocycles. The minimum absolute atomic E-state index is 0.0404. The molecule has 3 aromatic heterocycles. The lowest BCUT2D eigenvalue weighted by Gasteiger charge is -2.39. The summed E-state index contributed by atoms with van der Waals surface area (Å²) < 4.78 is 0. The van der Waals surface area contributed by atoms with Gasteiger partial charge in [0.1, 0.15) is 34.2 Å². The van der Waals surface area contributed by atoms with Gasteiger partial charge in [0, 0.05) is 55.8 Å². The normalized spacial score (nSPS) is 18.3. The van der Waals surface area contributed by atoms with E-state index in [0.717, 1.165) is 71.5 Å². The average Bonchev–Trinajstić information content (AvgIpc) is 4.12. The van der Waals surface area contributed by atoms with Crippen molar-refractivity contribution in [2.75, 3.05) is 0 Å². The van der Waals surface area contributed by atoms with E-state index in [1.54, 1.807) is 72.8 Å². The number of aliphatic hydroxyl groups is 2. The fourth-order valence-electron chi connectivity index (χ4n) is 10.0. The van der Waals surface area contributed by atoms with Crippen molar-refractivity contribution in [2.45, 2.75) is 89.3 Å². The number of aromatic amines is 3. The van der Waals surface area contributed by atoms with Gasteiger partial charge in [0.15, 0.2) is 0 Å². The molecule has 66 heavy (non-hydrogen) atoms. The summed E-state index contributed by atoms with van der Waals surface area (Å²) in [5.74, 6) is 0.280. The Morgan fingerprint density at radius 3 is 1.05 bits per heavy atom. The molecule has 0 radical (unpaired) electrons. The van der Waals surface area contributed by atoms with E-state index in [4.69, 9.17) is 0 Å². The van der Waals surface area contributed by atoms with Crippen LogP contribution in [0.15, 0.2) is 145 Å². The Balaban J connectivity index is 1.46. The maximum atomic E-state index is 14.0. The number of hydrogen-bond acceptors (Lipinski definition) is 7. The molecule has 338 valence electrons. The quantitative estimate of drug-likeness (QED) is 0.0483. The van der Waals surface area contributed by atoms with E-state index in [1.165, 1.54) is 0 Å². The van der Waals surface area contributed by atoms with Gasteiger partial charge in [-0.25, -0.2) is 0 Å². The van der Waals surface area contributed by atoms with E-state index in [2.05, 4.69) is 34.1 Å². The van der Waals surface area contributed by atoms with Gasteiger partial charge in [-0.2, -0.15) is 0 Å². The zero-order valence-corrected chi connectivity index (χ0v) is 37.5. The summed E-state index contributed by atoms with van der Waals surface area (Å²) in [5, 5.41) is 77.0. The van der Waals surface area contributed by atoms with Crippen LogP contribution in [-0.4, -0.2) is 56.8 Å². The number of H-pyrrole nitrogens is 3. The summed E-state index contributed by atoms with van der Waals surface area (Å²) in [6.07, 6.45) is 7.31. The van der Waals surface area contributed by atoms with E-state index in [1.807, 2.05) is 60.7 Å². The first-order valence-electron chi connectivity index (χ1n) is 23.2. The summed E-state index contributed by atoms with van der Waals surface area (Å²) in [6.45, 7) is 4.29. The van der Waals surface area contributed by atoms with Gasteiger partial charge in [0.25, 0.3) is 0 Å². The van der Waals surface area contributed by atoms with Crippen LogP contribution in [0, 0.1) is 0 Å². The number of phenols is 4. The molecule has 1 fully saturated rings. The first-order chi connectivity index (χ1) is 32.0. The number of benzene rings is 4. The topological polar surface area (TPSA) is 181 Å². The third-order valence-electron chi connectivity index (χ3n) is 13.3. The molecular formula is C56H58N4O6. The molecule has 8 bridgehead atoms. The minimum atomic E-state index is -1.88. The number of unbranched alkanes of at least 4 members (excludes halogenated alkanes) is 6. The Kier molecular flexibility index (Phi) is 12.3. The molecule has 2 aliphatic rings. The lowest BCUT2D eigenvalue weighted by molar-refractivity contribution is -0.102. The highest BCUT2D eigenvalue weighted by atomic mass is 16.4. The first kappa shape index (κ1) is 44.1. The smallest absolute Gasteiger partial charge is 0.139 e. The second-order valence-corrected chi connectivity index (χ2v) is 17.8. The molecule has 10 heteroatoms. The summed E-state index contributed by atoms with van der Waals surface area (Å²) >= 11 is 0. The number of rotatable bonds is 14. The number of phenolic OH excluding ortho intramolecular Hbond substituents is 4. The van der Waals surface area contributed by atoms with Gasteiger partial charge in [-0.3, -0.25) is 0 Å². The van der Waals surface area contributed by atoms with Gasteiger partial charge in [-0.15, -0.1) is 0 Å². The second kappa shape index (κ2) is 18.4. The van der Waals surface area contributed by atoms with Crippen molar-refractivity contribution in [1.29, 1.82) is 0 Å². The summed E-state index contributed by atoms with van der Waals surface area (Å²) in [5.41, 5.74) is 4.97. The highest BCUT2D eigenvalue weighted by Crippen LogP contribution is 2.53. The van der Waals surface area contributed by atoms with Crippen molar-refractivity contribution < 1.29 is 30.6 Å². The Labute approximate surface area is 384 Å². The lowest BCUT2D eigenvalue weighted by atomic mass is 9.72. The Morgan fingerprint density at radius 1 is 0.379 bits per heavy atom. The van der Waals surface area contributed by atoms with E-state index < -0.39 is 11.2 Å². The van der Waals surface area contributed by atoms with Crippen LogP contribution in [0.2, 0.25) is 0 Å². The van der Waals surface area contributed by atoms with Crippen LogP contribution >= 0.6 is 0 Å². The Morgan fingerprint density at radius 2 is 0.712 bits per heavy atom. The van der Waals surface area contributed by atoms with Crippen molar-refractivity contribution in [3.8, 4) is 23.0 Å². The van der Waals surface area contributed by atoms with Crippen LogP contribution in [-0.2, 0) is 0 Å². The summed E-state index contributed by atoms with van der Waals surface area (Å²) in [6, 6.07) is 39.9. The van der Waals surface area contributed by atoms with Gasteiger partial charge in [0.2, 0.25) is 0 Å². The average molecular weight is 883 g/mol. The highest BCUT2D eigenvalue weighted by Gasteiger charge is 2.61. The maximum Gasteiger partial charge on any atom is 0.139 e. The van der Waals surface area contributed by atoms with Crippen LogP contribution in [0.5, 0.6) is 23.0 Å². The Hall–Kier alpha value is -7.14. The van der Waals surface area contributed by atoms with Crippen LogP contribution < -0.4 is 16.0 Å².